The number of ether oxygens (including phenoxy) is 3. The van der Waals surface area contributed by atoms with Gasteiger partial charge in [0.1, 0.15) is 11.5 Å². The molecule has 0 aromatic heterocycles. The first kappa shape index (κ1) is 12.8. The Hall–Kier alpha value is -2.20. The van der Waals surface area contributed by atoms with Gasteiger partial charge < -0.3 is 14.2 Å². The molecule has 0 saturated heterocycles. The molecule has 0 spiro atoms. The fraction of sp³-hybridized carbons (Fsp3) is 0.133. The van der Waals surface area contributed by atoms with Crippen molar-refractivity contribution in [2.75, 3.05) is 6.79 Å². The van der Waals surface area contributed by atoms with E-state index in [1.165, 1.54) is 6.92 Å². The molecular weight excluding hydrogens is 280 g/mol. The van der Waals surface area contributed by atoms with E-state index < -0.39 is 0 Å². The second kappa shape index (κ2) is 5.06. The molecule has 0 N–H and O–H groups in total. The average molecular weight is 291 g/mol. The van der Waals surface area contributed by atoms with E-state index in [0.717, 1.165) is 0 Å². The predicted molar refractivity (Wildman–Crippen MR) is 74.1 cm³/mol. The van der Waals surface area contributed by atoms with Gasteiger partial charge in [-0.25, -0.2) is 0 Å². The molecule has 0 fully saturated rings. The minimum absolute atomic E-state index is 0.0403. The molecule has 1 aliphatic rings. The molecule has 2 aromatic rings. The van der Waals surface area contributed by atoms with Crippen molar-refractivity contribution in [3.05, 3.63) is 47.0 Å². The largest absolute Gasteiger partial charge is 0.456 e. The summed E-state index contributed by atoms with van der Waals surface area (Å²) in [6.45, 7) is 1.71. The Morgan fingerprint density at radius 1 is 1.15 bits per heavy atom. The van der Waals surface area contributed by atoms with Crippen LogP contribution in [0.25, 0.3) is 0 Å². The zero-order valence-corrected chi connectivity index (χ0v) is 11.4. The number of ketones is 1. The van der Waals surface area contributed by atoms with Gasteiger partial charge in [-0.1, -0.05) is 11.6 Å². The van der Waals surface area contributed by atoms with Crippen LogP contribution in [0.2, 0.25) is 5.02 Å². The van der Waals surface area contributed by atoms with Crippen molar-refractivity contribution in [3.8, 4) is 23.0 Å². The predicted octanol–water partition coefficient (Wildman–Crippen LogP) is 4.06. The molecule has 0 aliphatic carbocycles. The summed E-state index contributed by atoms with van der Waals surface area (Å²) in [4.78, 5) is 11.3. The first-order valence-electron chi connectivity index (χ1n) is 6.01. The molecule has 102 valence electrons. The summed E-state index contributed by atoms with van der Waals surface area (Å²) >= 11 is 6.11. The quantitative estimate of drug-likeness (QED) is 0.800. The van der Waals surface area contributed by atoms with Crippen LogP contribution in [-0.4, -0.2) is 12.6 Å². The van der Waals surface area contributed by atoms with E-state index in [-0.39, 0.29) is 12.6 Å². The van der Waals surface area contributed by atoms with Crippen LogP contribution in [0.15, 0.2) is 36.4 Å². The fourth-order valence-electron chi connectivity index (χ4n) is 1.87. The lowest BCUT2D eigenvalue weighted by Crippen LogP contribution is -1.93. The number of Topliss-reactive ketones (excluding diaryl/α,β-unsaturated/α-hetero) is 1. The van der Waals surface area contributed by atoms with Gasteiger partial charge in [-0.2, -0.15) is 0 Å². The molecule has 0 unspecified atom stereocenters. The number of carbonyl (C=O) groups excluding carboxylic acids is 1. The van der Waals surface area contributed by atoms with Crippen molar-refractivity contribution < 1.29 is 19.0 Å². The van der Waals surface area contributed by atoms with E-state index >= 15 is 0 Å². The monoisotopic (exact) mass is 290 g/mol. The van der Waals surface area contributed by atoms with E-state index in [4.69, 9.17) is 25.8 Å². The van der Waals surface area contributed by atoms with Gasteiger partial charge in [0.05, 0.1) is 5.02 Å². The van der Waals surface area contributed by atoms with Crippen LogP contribution in [0, 0.1) is 0 Å². The Labute approximate surface area is 120 Å². The number of fused-ring (bicyclic) bond motifs is 1. The molecule has 4 nitrogen and oxygen atoms in total. The second-order valence-corrected chi connectivity index (χ2v) is 4.73. The number of hydrogen-bond acceptors (Lipinski definition) is 4. The van der Waals surface area contributed by atoms with Gasteiger partial charge in [0.25, 0.3) is 0 Å². The highest BCUT2D eigenvalue weighted by Crippen LogP contribution is 2.38. The van der Waals surface area contributed by atoms with Crippen LogP contribution in [0.3, 0.4) is 0 Å². The third-order valence-corrected chi connectivity index (χ3v) is 3.21. The molecule has 5 heteroatoms. The van der Waals surface area contributed by atoms with Crippen molar-refractivity contribution in [1.82, 2.24) is 0 Å². The molecule has 0 atom stereocenters. The fourth-order valence-corrected chi connectivity index (χ4v) is 2.09. The Morgan fingerprint density at radius 3 is 2.70 bits per heavy atom. The van der Waals surface area contributed by atoms with Crippen molar-refractivity contribution in [3.63, 3.8) is 0 Å². The molecule has 20 heavy (non-hydrogen) atoms. The molecule has 0 radical (unpaired) electrons. The smallest absolute Gasteiger partial charge is 0.231 e. The Kier molecular flexibility index (Phi) is 3.24. The maximum Gasteiger partial charge on any atom is 0.231 e. The molecular formula is C15H11ClO4. The van der Waals surface area contributed by atoms with Crippen LogP contribution in [0.1, 0.15) is 17.3 Å². The van der Waals surface area contributed by atoms with E-state index in [9.17, 15) is 4.79 Å². The second-order valence-electron chi connectivity index (χ2n) is 4.32. The summed E-state index contributed by atoms with van der Waals surface area (Å²) < 4.78 is 16.2. The minimum Gasteiger partial charge on any atom is -0.456 e. The summed E-state index contributed by atoms with van der Waals surface area (Å²) in [5.41, 5.74) is 0.549. The van der Waals surface area contributed by atoms with Gasteiger partial charge in [-0.3, -0.25) is 4.79 Å². The molecule has 0 saturated carbocycles. The Bertz CT molecular complexity index is 682. The Balaban J connectivity index is 1.86. The highest BCUT2D eigenvalue weighted by atomic mass is 35.5. The van der Waals surface area contributed by atoms with Gasteiger partial charge in [-0.15, -0.1) is 0 Å². The number of benzene rings is 2. The number of carbonyl (C=O) groups is 1. The van der Waals surface area contributed by atoms with E-state index in [1.54, 1.807) is 36.4 Å². The first-order valence-corrected chi connectivity index (χ1v) is 6.39. The van der Waals surface area contributed by atoms with Crippen LogP contribution < -0.4 is 14.2 Å². The molecule has 2 aromatic carbocycles. The van der Waals surface area contributed by atoms with Crippen molar-refractivity contribution >= 4 is 17.4 Å². The van der Waals surface area contributed by atoms with Crippen molar-refractivity contribution in [1.29, 1.82) is 0 Å². The maximum atomic E-state index is 11.3. The molecule has 0 amide bonds. The van der Waals surface area contributed by atoms with Gasteiger partial charge in [0.2, 0.25) is 6.79 Å². The number of halogens is 1. The third-order valence-electron chi connectivity index (χ3n) is 2.91. The standard InChI is InChI=1S/C15H11ClO4/c1-9(17)10-2-4-13(12(16)6-10)20-11-3-5-14-15(7-11)19-8-18-14/h2-7H,8H2,1H3. The van der Waals surface area contributed by atoms with Gasteiger partial charge in [0.15, 0.2) is 17.3 Å². The topological polar surface area (TPSA) is 44.8 Å². The minimum atomic E-state index is -0.0403. The lowest BCUT2D eigenvalue weighted by molar-refractivity contribution is 0.101. The van der Waals surface area contributed by atoms with Crippen LogP contribution in [0.4, 0.5) is 0 Å². The van der Waals surface area contributed by atoms with Crippen molar-refractivity contribution in [2.24, 2.45) is 0 Å². The SMILES string of the molecule is CC(=O)c1ccc(Oc2ccc3c(c2)OCO3)c(Cl)c1. The van der Waals surface area contributed by atoms with Gasteiger partial charge in [0, 0.05) is 11.6 Å². The summed E-state index contributed by atoms with van der Waals surface area (Å²) in [5.74, 6) is 2.36. The zero-order valence-electron chi connectivity index (χ0n) is 10.7. The maximum absolute atomic E-state index is 11.3. The first-order chi connectivity index (χ1) is 9.63. The van der Waals surface area contributed by atoms with Crippen LogP contribution in [-0.2, 0) is 0 Å². The molecule has 1 aliphatic heterocycles. The molecule has 1 heterocycles. The highest BCUT2D eigenvalue weighted by molar-refractivity contribution is 6.32. The zero-order chi connectivity index (χ0) is 14.1. The van der Waals surface area contributed by atoms with Gasteiger partial charge in [-0.05, 0) is 37.3 Å². The van der Waals surface area contributed by atoms with Crippen LogP contribution in [0.5, 0.6) is 23.0 Å². The van der Waals surface area contributed by atoms with E-state index in [0.29, 0.717) is 33.6 Å². The lowest BCUT2D eigenvalue weighted by atomic mass is 10.1. The average Bonchev–Trinajstić information content (AvgIpc) is 2.88. The van der Waals surface area contributed by atoms with Gasteiger partial charge >= 0.3 is 0 Å². The Morgan fingerprint density at radius 2 is 1.95 bits per heavy atom. The normalized spacial score (nSPS) is 12.3. The third kappa shape index (κ3) is 2.42. The molecule has 3 rings (SSSR count). The van der Waals surface area contributed by atoms with Crippen LogP contribution >= 0.6 is 11.6 Å². The number of rotatable bonds is 3. The summed E-state index contributed by atoms with van der Waals surface area (Å²) in [6, 6.07) is 10.2. The number of hydrogen-bond donors (Lipinski definition) is 0. The summed E-state index contributed by atoms with van der Waals surface area (Å²) in [7, 11) is 0. The highest BCUT2D eigenvalue weighted by Gasteiger charge is 2.14. The van der Waals surface area contributed by atoms with E-state index in [1.807, 2.05) is 0 Å². The molecule has 0 bridgehead atoms. The summed E-state index contributed by atoms with van der Waals surface area (Å²) in [6.07, 6.45) is 0. The lowest BCUT2D eigenvalue weighted by Gasteiger charge is -2.09. The van der Waals surface area contributed by atoms with Crippen molar-refractivity contribution in [2.45, 2.75) is 6.92 Å². The van der Waals surface area contributed by atoms with E-state index in [2.05, 4.69) is 0 Å². The summed E-state index contributed by atoms with van der Waals surface area (Å²) in [5, 5.41) is 0.385.